The van der Waals surface area contributed by atoms with Gasteiger partial charge in [0.05, 0.1) is 13.2 Å². The molecule has 2 heterocycles. The van der Waals surface area contributed by atoms with Gasteiger partial charge in [-0.15, -0.1) is 0 Å². The Morgan fingerprint density at radius 2 is 1.78 bits per heavy atom. The van der Waals surface area contributed by atoms with E-state index in [2.05, 4.69) is 0 Å². The summed E-state index contributed by atoms with van der Waals surface area (Å²) in [5.74, 6) is -0.842. The maximum atomic E-state index is 13.0. The Hall–Kier alpha value is -2.93. The van der Waals surface area contributed by atoms with Crippen LogP contribution in [-0.2, 0) is 14.3 Å². The maximum absolute atomic E-state index is 13.0. The molecule has 3 rings (SSSR count). The van der Waals surface area contributed by atoms with E-state index in [-0.39, 0.29) is 17.2 Å². The van der Waals surface area contributed by atoms with Crippen LogP contribution in [-0.4, -0.2) is 43.1 Å². The highest BCUT2D eigenvalue weighted by molar-refractivity contribution is 5.94. The largest absolute Gasteiger partial charge is 0.444 e. The van der Waals surface area contributed by atoms with Crippen LogP contribution in [0.15, 0.2) is 45.6 Å². The fourth-order valence-electron chi connectivity index (χ4n) is 3.07. The Kier molecular flexibility index (Phi) is 5.71. The van der Waals surface area contributed by atoms with Crippen LogP contribution in [0.25, 0.3) is 0 Å². The second-order valence-electron chi connectivity index (χ2n) is 6.31. The van der Waals surface area contributed by atoms with E-state index < -0.39 is 17.7 Å². The van der Waals surface area contributed by atoms with Crippen LogP contribution in [0.4, 0.5) is 0 Å². The van der Waals surface area contributed by atoms with E-state index >= 15 is 0 Å². The zero-order chi connectivity index (χ0) is 19.4. The van der Waals surface area contributed by atoms with Crippen molar-refractivity contribution in [2.45, 2.75) is 20.0 Å². The number of benzene rings is 1. The summed E-state index contributed by atoms with van der Waals surface area (Å²) in [7, 11) is 0. The molecule has 0 saturated carbocycles. The van der Waals surface area contributed by atoms with Gasteiger partial charge in [-0.2, -0.15) is 0 Å². The highest BCUT2D eigenvalue weighted by atomic mass is 16.5. The molecule has 0 spiro atoms. The first-order chi connectivity index (χ1) is 13.0. The van der Waals surface area contributed by atoms with E-state index in [0.29, 0.717) is 37.4 Å². The predicted molar refractivity (Wildman–Crippen MR) is 96.4 cm³/mol. The molecule has 0 aliphatic carbocycles. The number of hydrogen-bond acceptors (Lipinski definition) is 6. The quantitative estimate of drug-likeness (QED) is 0.765. The summed E-state index contributed by atoms with van der Waals surface area (Å²) in [6, 6.07) is 10.1. The molecule has 1 saturated heterocycles. The molecule has 1 aliphatic heterocycles. The van der Waals surface area contributed by atoms with Crippen molar-refractivity contribution in [3.63, 3.8) is 0 Å². The van der Waals surface area contributed by atoms with Crippen LogP contribution >= 0.6 is 0 Å². The average molecular weight is 371 g/mol. The highest BCUT2D eigenvalue weighted by Crippen LogP contribution is 2.24. The van der Waals surface area contributed by atoms with Crippen LogP contribution in [0.5, 0.6) is 0 Å². The molecule has 1 fully saturated rings. The van der Waals surface area contributed by atoms with Crippen molar-refractivity contribution in [2.75, 3.05) is 26.3 Å². The predicted octanol–water partition coefficient (Wildman–Crippen LogP) is 2.01. The first-order valence-electron chi connectivity index (χ1n) is 8.71. The molecule has 2 aromatic rings. The van der Waals surface area contributed by atoms with Crippen LogP contribution in [0, 0.1) is 13.8 Å². The van der Waals surface area contributed by atoms with Crippen LogP contribution in [0.1, 0.15) is 33.3 Å². The summed E-state index contributed by atoms with van der Waals surface area (Å²) in [6.07, 6.45) is -1.08. The van der Waals surface area contributed by atoms with Gasteiger partial charge in [0.25, 0.3) is 5.91 Å². The topological polar surface area (TPSA) is 86.1 Å². The standard InChI is InChI=1S/C20H21NO6/c1-13-12-16(22)26-14(2)17(13)20(24)27-18(15-6-4-3-5-7-15)19(23)21-8-10-25-11-9-21/h3-7,12,18H,8-11H2,1-2H3. The number of carbonyl (C=O) groups excluding carboxylic acids is 2. The summed E-state index contributed by atoms with van der Waals surface area (Å²) < 4.78 is 15.9. The van der Waals surface area contributed by atoms with Gasteiger partial charge >= 0.3 is 11.6 Å². The van der Waals surface area contributed by atoms with Gasteiger partial charge < -0.3 is 18.8 Å². The number of carbonyl (C=O) groups is 2. The third-order valence-corrected chi connectivity index (χ3v) is 4.41. The zero-order valence-corrected chi connectivity index (χ0v) is 15.3. The van der Waals surface area contributed by atoms with E-state index in [9.17, 15) is 14.4 Å². The Labute approximate surface area is 156 Å². The molecule has 0 bridgehead atoms. The number of amides is 1. The van der Waals surface area contributed by atoms with Gasteiger partial charge in [0.15, 0.2) is 0 Å². The third-order valence-electron chi connectivity index (χ3n) is 4.41. The average Bonchev–Trinajstić information content (AvgIpc) is 2.66. The first kappa shape index (κ1) is 18.8. The number of morpholine rings is 1. The fourth-order valence-corrected chi connectivity index (χ4v) is 3.07. The number of esters is 1. The molecule has 1 amide bonds. The number of rotatable bonds is 4. The number of nitrogens with zero attached hydrogens (tertiary/aromatic N) is 1. The summed E-state index contributed by atoms with van der Waals surface area (Å²) in [5.41, 5.74) is 0.644. The Morgan fingerprint density at radius 3 is 2.41 bits per heavy atom. The van der Waals surface area contributed by atoms with Gasteiger partial charge in [-0.1, -0.05) is 30.3 Å². The van der Waals surface area contributed by atoms with Crippen molar-refractivity contribution >= 4 is 11.9 Å². The number of hydrogen-bond donors (Lipinski definition) is 0. The van der Waals surface area contributed by atoms with E-state index in [4.69, 9.17) is 13.9 Å². The van der Waals surface area contributed by atoms with Gasteiger partial charge in [-0.25, -0.2) is 9.59 Å². The van der Waals surface area contributed by atoms with E-state index in [1.807, 2.05) is 6.07 Å². The molecular weight excluding hydrogens is 350 g/mol. The summed E-state index contributed by atoms with van der Waals surface area (Å²) in [5, 5.41) is 0. The fraction of sp³-hybridized carbons (Fsp3) is 0.350. The lowest BCUT2D eigenvalue weighted by atomic mass is 10.1. The summed E-state index contributed by atoms with van der Waals surface area (Å²) in [4.78, 5) is 38.9. The molecule has 1 atom stereocenters. The minimum atomic E-state index is -1.08. The molecule has 0 N–H and O–H groups in total. The molecule has 7 nitrogen and oxygen atoms in total. The van der Waals surface area contributed by atoms with Crippen LogP contribution in [0.2, 0.25) is 0 Å². The molecule has 1 unspecified atom stereocenters. The molecule has 1 aromatic carbocycles. The second kappa shape index (κ2) is 8.18. The highest BCUT2D eigenvalue weighted by Gasteiger charge is 2.32. The molecule has 1 aliphatic rings. The summed E-state index contributed by atoms with van der Waals surface area (Å²) in [6.45, 7) is 4.93. The van der Waals surface area contributed by atoms with Gasteiger partial charge in [-0.3, -0.25) is 4.79 Å². The lowest BCUT2D eigenvalue weighted by Crippen LogP contribution is -2.44. The van der Waals surface area contributed by atoms with Crippen molar-refractivity contribution in [1.82, 2.24) is 4.90 Å². The van der Waals surface area contributed by atoms with Gasteiger partial charge in [0.2, 0.25) is 6.10 Å². The Balaban J connectivity index is 1.91. The van der Waals surface area contributed by atoms with Gasteiger partial charge in [-0.05, 0) is 19.4 Å². The van der Waals surface area contributed by atoms with Crippen molar-refractivity contribution in [1.29, 1.82) is 0 Å². The molecule has 1 aromatic heterocycles. The monoisotopic (exact) mass is 371 g/mol. The molecule has 27 heavy (non-hydrogen) atoms. The lowest BCUT2D eigenvalue weighted by Gasteiger charge is -2.30. The number of aryl methyl sites for hydroxylation is 2. The van der Waals surface area contributed by atoms with E-state index in [0.717, 1.165) is 0 Å². The van der Waals surface area contributed by atoms with Crippen LogP contribution < -0.4 is 5.63 Å². The minimum absolute atomic E-state index is 0.158. The van der Waals surface area contributed by atoms with E-state index in [1.165, 1.54) is 13.0 Å². The smallest absolute Gasteiger partial charge is 0.342 e. The molecule has 142 valence electrons. The van der Waals surface area contributed by atoms with Crippen molar-refractivity contribution < 1.29 is 23.5 Å². The van der Waals surface area contributed by atoms with Gasteiger partial charge in [0, 0.05) is 24.7 Å². The van der Waals surface area contributed by atoms with Crippen molar-refractivity contribution in [3.05, 3.63) is 69.3 Å². The minimum Gasteiger partial charge on any atom is -0.444 e. The Bertz CT molecular complexity index is 857. The molecular formula is C20H21NO6. The van der Waals surface area contributed by atoms with E-state index in [1.54, 1.807) is 36.1 Å². The zero-order valence-electron chi connectivity index (χ0n) is 15.3. The second-order valence-corrected chi connectivity index (χ2v) is 6.31. The molecule has 7 heteroatoms. The maximum Gasteiger partial charge on any atom is 0.342 e. The normalized spacial score (nSPS) is 15.3. The van der Waals surface area contributed by atoms with Gasteiger partial charge in [0.1, 0.15) is 11.3 Å². The third kappa shape index (κ3) is 4.25. The van der Waals surface area contributed by atoms with Crippen molar-refractivity contribution in [2.24, 2.45) is 0 Å². The lowest BCUT2D eigenvalue weighted by molar-refractivity contribution is -0.145. The first-order valence-corrected chi connectivity index (χ1v) is 8.71. The molecule has 0 radical (unpaired) electrons. The van der Waals surface area contributed by atoms with Crippen molar-refractivity contribution in [3.8, 4) is 0 Å². The summed E-state index contributed by atoms with van der Waals surface area (Å²) >= 11 is 0. The Morgan fingerprint density at radius 1 is 1.11 bits per heavy atom. The number of ether oxygens (including phenoxy) is 2. The van der Waals surface area contributed by atoms with Crippen LogP contribution in [0.3, 0.4) is 0 Å². The SMILES string of the molecule is Cc1cc(=O)oc(C)c1C(=O)OC(C(=O)N1CCOCC1)c1ccccc1.